The van der Waals surface area contributed by atoms with E-state index in [0.29, 0.717) is 6.79 Å². The lowest BCUT2D eigenvalue weighted by atomic mass is 10.3. The first-order valence-electron chi connectivity index (χ1n) is 4.03. The molecule has 1 aromatic rings. The van der Waals surface area contributed by atoms with Gasteiger partial charge in [0.05, 0.1) is 0 Å². The van der Waals surface area contributed by atoms with Gasteiger partial charge >= 0.3 is 0 Å². The van der Waals surface area contributed by atoms with Crippen molar-refractivity contribution >= 4 is 27.7 Å². The highest BCUT2D eigenvalue weighted by atomic mass is 79.9. The van der Waals surface area contributed by atoms with Gasteiger partial charge in [0, 0.05) is 9.37 Å². The summed E-state index contributed by atoms with van der Waals surface area (Å²) in [6, 6.07) is 3.97. The first-order chi connectivity index (χ1) is 6.31. The molecule has 0 saturated heterocycles. The van der Waals surface area contributed by atoms with Crippen molar-refractivity contribution < 1.29 is 9.47 Å². The summed E-state index contributed by atoms with van der Waals surface area (Å²) < 4.78 is 11.6. The molecule has 0 N–H and O–H groups in total. The lowest BCUT2D eigenvalue weighted by Gasteiger charge is -2.03. The van der Waals surface area contributed by atoms with Crippen molar-refractivity contribution in [2.75, 3.05) is 12.5 Å². The van der Waals surface area contributed by atoms with Crippen LogP contribution in [0.25, 0.3) is 0 Å². The van der Waals surface area contributed by atoms with Crippen molar-refractivity contribution in [2.45, 2.75) is 11.8 Å². The maximum absolute atomic E-state index is 5.28. The van der Waals surface area contributed by atoms with Crippen molar-refractivity contribution in [1.29, 1.82) is 0 Å². The Bertz CT molecular complexity index is 328. The molecule has 70 valence electrons. The van der Waals surface area contributed by atoms with Gasteiger partial charge in [-0.05, 0) is 33.8 Å². The summed E-state index contributed by atoms with van der Waals surface area (Å²) in [5.41, 5.74) is 0. The van der Waals surface area contributed by atoms with E-state index in [4.69, 9.17) is 9.47 Å². The summed E-state index contributed by atoms with van der Waals surface area (Å²) in [5.74, 6) is 2.73. The molecule has 0 saturated carbocycles. The summed E-state index contributed by atoms with van der Waals surface area (Å²) in [7, 11) is 0. The molecule has 2 rings (SSSR count). The Kier molecular flexibility index (Phi) is 2.69. The number of rotatable bonds is 2. The van der Waals surface area contributed by atoms with E-state index in [1.54, 1.807) is 11.8 Å². The molecule has 1 aromatic carbocycles. The van der Waals surface area contributed by atoms with Crippen LogP contribution in [0.2, 0.25) is 0 Å². The molecule has 1 aliphatic heterocycles. The average molecular weight is 261 g/mol. The maximum atomic E-state index is 5.28. The monoisotopic (exact) mass is 260 g/mol. The van der Waals surface area contributed by atoms with Gasteiger partial charge in [-0.3, -0.25) is 0 Å². The van der Waals surface area contributed by atoms with E-state index in [1.807, 2.05) is 12.1 Å². The fourth-order valence-electron chi connectivity index (χ4n) is 1.16. The molecule has 0 aliphatic carbocycles. The van der Waals surface area contributed by atoms with Crippen LogP contribution in [0, 0.1) is 0 Å². The van der Waals surface area contributed by atoms with E-state index in [2.05, 4.69) is 22.9 Å². The predicted molar refractivity (Wildman–Crippen MR) is 56.7 cm³/mol. The summed E-state index contributed by atoms with van der Waals surface area (Å²) in [5, 5.41) is 0. The fraction of sp³-hybridized carbons (Fsp3) is 0.333. The van der Waals surface area contributed by atoms with E-state index in [1.165, 1.54) is 4.90 Å². The molecule has 1 aliphatic rings. The van der Waals surface area contributed by atoms with E-state index >= 15 is 0 Å². The summed E-state index contributed by atoms with van der Waals surface area (Å²) in [4.78, 5) is 1.20. The third-order valence-electron chi connectivity index (χ3n) is 1.73. The molecule has 0 radical (unpaired) electrons. The van der Waals surface area contributed by atoms with Gasteiger partial charge in [0.2, 0.25) is 6.79 Å². The molecule has 0 atom stereocenters. The SMILES string of the molecule is CCSc1cc2c(cc1Br)OCO2. The lowest BCUT2D eigenvalue weighted by molar-refractivity contribution is 0.174. The average Bonchev–Trinajstić information content (AvgIpc) is 2.52. The van der Waals surface area contributed by atoms with Crippen LogP contribution in [0.4, 0.5) is 0 Å². The first-order valence-corrected chi connectivity index (χ1v) is 5.81. The maximum Gasteiger partial charge on any atom is 0.231 e. The molecular weight excluding hydrogens is 252 g/mol. The van der Waals surface area contributed by atoms with E-state index in [9.17, 15) is 0 Å². The van der Waals surface area contributed by atoms with Gasteiger partial charge in [0.1, 0.15) is 0 Å². The molecule has 0 aromatic heterocycles. The molecule has 0 bridgehead atoms. The quantitative estimate of drug-likeness (QED) is 0.761. The van der Waals surface area contributed by atoms with Gasteiger partial charge in [-0.1, -0.05) is 6.92 Å². The standard InChI is InChI=1S/C9H9BrO2S/c1-2-13-9-4-8-7(3-6(9)10)11-5-12-8/h3-4H,2,5H2,1H3. The highest BCUT2D eigenvalue weighted by molar-refractivity contribution is 9.10. The number of hydrogen-bond acceptors (Lipinski definition) is 3. The van der Waals surface area contributed by atoms with Crippen molar-refractivity contribution in [3.63, 3.8) is 0 Å². The second kappa shape index (κ2) is 3.80. The molecule has 0 amide bonds. The van der Waals surface area contributed by atoms with Crippen LogP contribution in [0.5, 0.6) is 11.5 Å². The molecule has 4 heteroatoms. The van der Waals surface area contributed by atoms with E-state index in [-0.39, 0.29) is 0 Å². The third-order valence-corrected chi connectivity index (χ3v) is 3.58. The highest BCUT2D eigenvalue weighted by Gasteiger charge is 2.15. The third kappa shape index (κ3) is 1.79. The van der Waals surface area contributed by atoms with Crippen molar-refractivity contribution in [3.8, 4) is 11.5 Å². The topological polar surface area (TPSA) is 18.5 Å². The van der Waals surface area contributed by atoms with Gasteiger partial charge in [-0.15, -0.1) is 11.8 Å². The summed E-state index contributed by atoms with van der Waals surface area (Å²) in [6.45, 7) is 2.46. The Balaban J connectivity index is 2.37. The van der Waals surface area contributed by atoms with Crippen molar-refractivity contribution in [3.05, 3.63) is 16.6 Å². The Morgan fingerprint density at radius 1 is 1.38 bits per heavy atom. The molecule has 0 unspecified atom stereocenters. The molecule has 13 heavy (non-hydrogen) atoms. The number of benzene rings is 1. The van der Waals surface area contributed by atoms with Crippen LogP contribution in [-0.4, -0.2) is 12.5 Å². The second-order valence-electron chi connectivity index (χ2n) is 2.57. The predicted octanol–water partition coefficient (Wildman–Crippen LogP) is 3.29. The summed E-state index contributed by atoms with van der Waals surface area (Å²) in [6.07, 6.45) is 0. The zero-order valence-corrected chi connectivity index (χ0v) is 9.57. The van der Waals surface area contributed by atoms with Gasteiger partial charge in [-0.2, -0.15) is 0 Å². The van der Waals surface area contributed by atoms with Gasteiger partial charge < -0.3 is 9.47 Å². The van der Waals surface area contributed by atoms with Gasteiger partial charge in [-0.25, -0.2) is 0 Å². The molecule has 2 nitrogen and oxygen atoms in total. The first kappa shape index (κ1) is 9.21. The number of fused-ring (bicyclic) bond motifs is 1. The van der Waals surface area contributed by atoms with Crippen LogP contribution in [0.15, 0.2) is 21.5 Å². The van der Waals surface area contributed by atoms with E-state index in [0.717, 1.165) is 21.7 Å². The summed E-state index contributed by atoms with van der Waals surface area (Å²) >= 11 is 5.28. The molecule has 0 spiro atoms. The lowest BCUT2D eigenvalue weighted by Crippen LogP contribution is -1.92. The molecule has 0 fully saturated rings. The Labute approximate surface area is 89.7 Å². The fourth-order valence-corrected chi connectivity index (χ4v) is 2.53. The largest absolute Gasteiger partial charge is 0.454 e. The smallest absolute Gasteiger partial charge is 0.231 e. The number of halogens is 1. The Hall–Kier alpha value is -0.350. The highest BCUT2D eigenvalue weighted by Crippen LogP contribution is 2.40. The Morgan fingerprint density at radius 3 is 2.77 bits per heavy atom. The zero-order valence-electron chi connectivity index (χ0n) is 7.17. The number of hydrogen-bond donors (Lipinski definition) is 0. The molecular formula is C9H9BrO2S. The van der Waals surface area contributed by atoms with E-state index < -0.39 is 0 Å². The van der Waals surface area contributed by atoms with Crippen LogP contribution < -0.4 is 9.47 Å². The minimum atomic E-state index is 0.335. The molecule has 1 heterocycles. The van der Waals surface area contributed by atoms with Crippen LogP contribution in [0.3, 0.4) is 0 Å². The zero-order chi connectivity index (χ0) is 9.26. The minimum absolute atomic E-state index is 0.335. The van der Waals surface area contributed by atoms with Crippen LogP contribution >= 0.6 is 27.7 Å². The minimum Gasteiger partial charge on any atom is -0.454 e. The van der Waals surface area contributed by atoms with Crippen LogP contribution in [-0.2, 0) is 0 Å². The second-order valence-corrected chi connectivity index (χ2v) is 4.73. The van der Waals surface area contributed by atoms with Gasteiger partial charge in [0.25, 0.3) is 0 Å². The van der Waals surface area contributed by atoms with Crippen LogP contribution in [0.1, 0.15) is 6.92 Å². The van der Waals surface area contributed by atoms with Crippen molar-refractivity contribution in [1.82, 2.24) is 0 Å². The normalized spacial score (nSPS) is 13.4. The number of thioether (sulfide) groups is 1. The number of ether oxygens (including phenoxy) is 2. The van der Waals surface area contributed by atoms with Crippen molar-refractivity contribution in [2.24, 2.45) is 0 Å². The van der Waals surface area contributed by atoms with Gasteiger partial charge in [0.15, 0.2) is 11.5 Å². The Morgan fingerprint density at radius 2 is 2.08 bits per heavy atom.